The van der Waals surface area contributed by atoms with Crippen molar-refractivity contribution < 1.29 is 26.6 Å². The Morgan fingerprint density at radius 2 is 1.78 bits per heavy atom. The number of aromatic nitrogens is 1. The molecule has 1 heterocycles. The Morgan fingerprint density at radius 1 is 1.06 bits per heavy atom. The van der Waals surface area contributed by atoms with E-state index in [9.17, 15) is 18.0 Å². The number of fused-ring (bicyclic) bond motifs is 1. The molecule has 0 aliphatic rings. The van der Waals surface area contributed by atoms with Crippen LogP contribution in [0.3, 0.4) is 0 Å². The fraction of sp³-hybridized carbons (Fsp3) is 0.0833. The second-order valence-electron chi connectivity index (χ2n) is 7.34. The van der Waals surface area contributed by atoms with E-state index in [0.29, 0.717) is 22.1 Å². The number of para-hydroxylation sites is 2. The highest BCUT2D eigenvalue weighted by atomic mass is 32.2. The lowest BCUT2D eigenvalue weighted by Gasteiger charge is -2.08. The molecular weight excluding hydrogens is 504 g/mol. The van der Waals surface area contributed by atoms with E-state index >= 15 is 0 Å². The van der Waals surface area contributed by atoms with Crippen molar-refractivity contribution in [1.82, 2.24) is 10.4 Å². The Balaban J connectivity index is 1.27. The number of oxazole rings is 1. The highest BCUT2D eigenvalue weighted by Gasteiger charge is 2.16. The van der Waals surface area contributed by atoms with Crippen LogP contribution in [0, 0.1) is 0 Å². The predicted octanol–water partition coefficient (Wildman–Crippen LogP) is 3.80. The normalized spacial score (nSPS) is 11.5. The molecule has 184 valence electrons. The van der Waals surface area contributed by atoms with Crippen molar-refractivity contribution in [3.05, 3.63) is 78.4 Å². The predicted molar refractivity (Wildman–Crippen MR) is 135 cm³/mol. The van der Waals surface area contributed by atoms with Gasteiger partial charge in [-0.05, 0) is 66.2 Å². The Labute approximate surface area is 210 Å². The number of hydrazone groups is 1. The van der Waals surface area contributed by atoms with Gasteiger partial charge in [-0.25, -0.2) is 10.4 Å². The van der Waals surface area contributed by atoms with Gasteiger partial charge in [-0.3, -0.25) is 9.59 Å². The molecule has 0 saturated heterocycles. The number of carbonyl (C=O) groups is 2. The third kappa shape index (κ3) is 6.71. The average Bonchev–Trinajstić information content (AvgIpc) is 3.27. The second kappa shape index (κ2) is 11.1. The quantitative estimate of drug-likeness (QED) is 0.146. The topological polar surface area (TPSA) is 140 Å². The maximum Gasteiger partial charge on any atom is 0.339 e. The number of amides is 2. The largest absolute Gasteiger partial charge is 0.431 e. The van der Waals surface area contributed by atoms with E-state index in [1.54, 1.807) is 18.2 Å². The summed E-state index contributed by atoms with van der Waals surface area (Å²) >= 11 is 1.15. The van der Waals surface area contributed by atoms with Gasteiger partial charge >= 0.3 is 10.1 Å². The van der Waals surface area contributed by atoms with Crippen molar-refractivity contribution in [1.29, 1.82) is 0 Å². The molecule has 0 radical (unpaired) electrons. The summed E-state index contributed by atoms with van der Waals surface area (Å²) in [5.74, 6) is -0.421. The van der Waals surface area contributed by atoms with Crippen LogP contribution in [0.1, 0.15) is 12.5 Å². The highest BCUT2D eigenvalue weighted by molar-refractivity contribution is 7.99. The fourth-order valence-electron chi connectivity index (χ4n) is 2.94. The summed E-state index contributed by atoms with van der Waals surface area (Å²) in [6.07, 6.45) is 1.42. The first-order valence-electron chi connectivity index (χ1n) is 10.5. The highest BCUT2D eigenvalue weighted by Crippen LogP contribution is 2.23. The lowest BCUT2D eigenvalue weighted by atomic mass is 10.2. The molecule has 10 nitrogen and oxygen atoms in total. The van der Waals surface area contributed by atoms with Gasteiger partial charge in [-0.1, -0.05) is 23.9 Å². The number of nitrogens with zero attached hydrogens (tertiary/aromatic N) is 2. The summed E-state index contributed by atoms with van der Waals surface area (Å²) < 4.78 is 35.7. The van der Waals surface area contributed by atoms with Crippen molar-refractivity contribution in [2.24, 2.45) is 5.10 Å². The van der Waals surface area contributed by atoms with E-state index in [0.717, 1.165) is 17.3 Å². The summed E-state index contributed by atoms with van der Waals surface area (Å²) in [5, 5.41) is 6.85. The molecule has 0 unspecified atom stereocenters. The standard InChI is InChI=1S/C24H20N4O6S2/c1-16(29)26-18-8-12-20(13-9-18)36(31,32)34-19-10-6-17(7-11-19)14-25-28-23(30)15-35-24-27-21-4-2-3-5-22(21)33-24/h2-14H,15H2,1H3,(H,26,29)(H,28,30)/b25-14-. The van der Waals surface area contributed by atoms with E-state index in [1.807, 2.05) is 18.2 Å². The second-order valence-corrected chi connectivity index (χ2v) is 9.81. The molecule has 0 saturated carbocycles. The van der Waals surface area contributed by atoms with Crippen LogP contribution in [-0.4, -0.2) is 37.2 Å². The van der Waals surface area contributed by atoms with Gasteiger partial charge in [0.05, 0.1) is 12.0 Å². The molecule has 1 aromatic heterocycles. The third-order valence-electron chi connectivity index (χ3n) is 4.55. The minimum absolute atomic E-state index is 0.0549. The van der Waals surface area contributed by atoms with Gasteiger partial charge in [-0.2, -0.15) is 13.5 Å². The lowest BCUT2D eigenvalue weighted by Crippen LogP contribution is -2.19. The van der Waals surface area contributed by atoms with Gasteiger partial charge in [0.25, 0.3) is 11.1 Å². The Morgan fingerprint density at radius 3 is 2.47 bits per heavy atom. The van der Waals surface area contributed by atoms with Crippen molar-refractivity contribution in [3.8, 4) is 5.75 Å². The molecule has 0 aliphatic carbocycles. The monoisotopic (exact) mass is 524 g/mol. The molecule has 0 atom stereocenters. The maximum absolute atomic E-state index is 12.5. The Kier molecular flexibility index (Phi) is 7.66. The van der Waals surface area contributed by atoms with Crippen LogP contribution in [0.4, 0.5) is 5.69 Å². The van der Waals surface area contributed by atoms with Crippen LogP contribution >= 0.6 is 11.8 Å². The summed E-state index contributed by atoms with van der Waals surface area (Å²) in [7, 11) is -4.06. The maximum atomic E-state index is 12.5. The molecular formula is C24H20N4O6S2. The number of anilines is 1. The van der Waals surface area contributed by atoms with Crippen molar-refractivity contribution in [3.63, 3.8) is 0 Å². The fourth-order valence-corrected chi connectivity index (χ4v) is 4.50. The van der Waals surface area contributed by atoms with E-state index in [2.05, 4.69) is 20.8 Å². The SMILES string of the molecule is CC(=O)Nc1ccc(S(=O)(=O)Oc2ccc(/C=N\NC(=O)CSc3nc4ccccc4o3)cc2)cc1. The van der Waals surface area contributed by atoms with Crippen LogP contribution in [-0.2, 0) is 19.7 Å². The molecule has 0 spiro atoms. The van der Waals surface area contributed by atoms with E-state index in [4.69, 9.17) is 8.60 Å². The van der Waals surface area contributed by atoms with E-state index in [1.165, 1.54) is 49.5 Å². The lowest BCUT2D eigenvalue weighted by molar-refractivity contribution is -0.118. The number of hydrogen-bond acceptors (Lipinski definition) is 9. The average molecular weight is 525 g/mol. The van der Waals surface area contributed by atoms with E-state index in [-0.39, 0.29) is 28.2 Å². The summed E-state index contributed by atoms with van der Waals surface area (Å²) in [6, 6.07) is 19.1. The van der Waals surface area contributed by atoms with Gasteiger partial charge < -0.3 is 13.9 Å². The molecule has 4 rings (SSSR count). The Bertz CT molecular complexity index is 1480. The smallest absolute Gasteiger partial charge is 0.339 e. The molecule has 4 aromatic rings. The zero-order valence-corrected chi connectivity index (χ0v) is 20.5. The van der Waals surface area contributed by atoms with Gasteiger partial charge in [-0.15, -0.1) is 0 Å². The van der Waals surface area contributed by atoms with Crippen molar-refractivity contribution in [2.75, 3.05) is 11.1 Å². The van der Waals surface area contributed by atoms with Gasteiger partial charge in [0.15, 0.2) is 5.58 Å². The molecule has 2 N–H and O–H groups in total. The zero-order valence-electron chi connectivity index (χ0n) is 18.9. The van der Waals surface area contributed by atoms with Crippen molar-refractivity contribution >= 4 is 56.7 Å². The molecule has 12 heteroatoms. The van der Waals surface area contributed by atoms with Gasteiger partial charge in [0, 0.05) is 12.6 Å². The van der Waals surface area contributed by atoms with Crippen molar-refractivity contribution in [2.45, 2.75) is 17.0 Å². The first-order chi connectivity index (χ1) is 17.3. The van der Waals surface area contributed by atoms with E-state index < -0.39 is 10.1 Å². The van der Waals surface area contributed by atoms with Crippen LogP contribution < -0.4 is 14.9 Å². The molecule has 2 amide bonds. The minimum Gasteiger partial charge on any atom is -0.431 e. The number of carbonyl (C=O) groups excluding carboxylic acids is 2. The first-order valence-corrected chi connectivity index (χ1v) is 12.9. The number of nitrogens with one attached hydrogen (secondary N) is 2. The number of rotatable bonds is 9. The van der Waals surface area contributed by atoms with Gasteiger partial charge in [0.1, 0.15) is 16.2 Å². The third-order valence-corrected chi connectivity index (χ3v) is 6.64. The molecule has 0 bridgehead atoms. The zero-order chi connectivity index (χ0) is 25.5. The van der Waals surface area contributed by atoms with Crippen LogP contribution in [0.25, 0.3) is 11.1 Å². The molecule has 3 aromatic carbocycles. The minimum atomic E-state index is -4.06. The number of hydrogen-bond donors (Lipinski definition) is 2. The summed E-state index contributed by atoms with van der Waals surface area (Å²) in [5.41, 5.74) is 4.88. The first kappa shape index (κ1) is 24.9. The van der Waals surface area contributed by atoms with Crippen LogP contribution in [0.5, 0.6) is 5.75 Å². The van der Waals surface area contributed by atoms with Crippen LogP contribution in [0.2, 0.25) is 0 Å². The molecule has 0 aliphatic heterocycles. The van der Waals surface area contributed by atoms with Gasteiger partial charge in [0.2, 0.25) is 5.91 Å². The number of thioether (sulfide) groups is 1. The Hall–Kier alpha value is -4.16. The molecule has 36 heavy (non-hydrogen) atoms. The molecule has 0 fully saturated rings. The summed E-state index contributed by atoms with van der Waals surface area (Å²) in [4.78, 5) is 27.3. The summed E-state index contributed by atoms with van der Waals surface area (Å²) in [6.45, 7) is 1.36. The van der Waals surface area contributed by atoms with Crippen LogP contribution in [0.15, 0.2) is 92.4 Å². The number of benzene rings is 3.